The van der Waals surface area contributed by atoms with Crippen LogP contribution in [0.2, 0.25) is 5.02 Å². The summed E-state index contributed by atoms with van der Waals surface area (Å²) in [6.45, 7) is 2.02. The monoisotopic (exact) mass is 422 g/mol. The van der Waals surface area contributed by atoms with Crippen LogP contribution in [0.4, 0.5) is 0 Å². The number of hydrogen-bond donors (Lipinski definition) is 0. The van der Waals surface area contributed by atoms with Gasteiger partial charge >= 0.3 is 0 Å². The molecule has 0 unspecified atom stereocenters. The lowest BCUT2D eigenvalue weighted by Gasteiger charge is -2.14. The van der Waals surface area contributed by atoms with Crippen LogP contribution >= 0.6 is 11.6 Å². The van der Waals surface area contributed by atoms with E-state index in [1.807, 2.05) is 66.2 Å². The van der Waals surface area contributed by atoms with Gasteiger partial charge in [-0.15, -0.1) is 0 Å². The highest BCUT2D eigenvalue weighted by Gasteiger charge is 2.13. The van der Waals surface area contributed by atoms with Gasteiger partial charge in [-0.2, -0.15) is 0 Å². The van der Waals surface area contributed by atoms with Gasteiger partial charge in [0.25, 0.3) is 0 Å². The fraction of sp³-hybridized carbons (Fsp3) is 0.0870. The lowest BCUT2D eigenvalue weighted by Crippen LogP contribution is -2.00. The summed E-state index contributed by atoms with van der Waals surface area (Å²) in [5, 5.41) is 0.645. The zero-order valence-electron chi connectivity index (χ0n) is 16.0. The minimum Gasteiger partial charge on any atom is -0.300 e. The largest absolute Gasteiger partial charge is 0.300 e. The summed E-state index contributed by atoms with van der Waals surface area (Å²) in [5.41, 5.74) is 4.71. The lowest BCUT2D eigenvalue weighted by atomic mass is 10.0. The molecule has 0 aliphatic rings. The molecule has 0 aliphatic heterocycles. The molecular formula is C23H19ClN2O2S. The number of sulfone groups is 1. The molecule has 0 N–H and O–H groups in total. The Hall–Kier alpha value is -2.89. The maximum absolute atomic E-state index is 11.9. The number of benzene rings is 3. The highest BCUT2D eigenvalue weighted by molar-refractivity contribution is 7.90. The van der Waals surface area contributed by atoms with E-state index in [0.29, 0.717) is 9.92 Å². The third-order valence-electron chi connectivity index (χ3n) is 4.81. The van der Waals surface area contributed by atoms with E-state index >= 15 is 0 Å². The Labute approximate surface area is 175 Å². The summed E-state index contributed by atoms with van der Waals surface area (Å²) in [6, 6.07) is 20.7. The molecule has 4 nitrogen and oxygen atoms in total. The van der Waals surface area contributed by atoms with Crippen LogP contribution in [0.5, 0.6) is 0 Å². The van der Waals surface area contributed by atoms with Crippen molar-refractivity contribution in [3.63, 3.8) is 0 Å². The maximum atomic E-state index is 11.9. The van der Waals surface area contributed by atoms with Crippen molar-refractivity contribution in [1.82, 2.24) is 9.55 Å². The number of imidazole rings is 1. The van der Waals surface area contributed by atoms with E-state index in [4.69, 9.17) is 11.6 Å². The molecule has 0 saturated heterocycles. The summed E-state index contributed by atoms with van der Waals surface area (Å²) in [6.07, 6.45) is 4.88. The van der Waals surface area contributed by atoms with Gasteiger partial charge < -0.3 is 0 Å². The zero-order chi connectivity index (χ0) is 20.6. The van der Waals surface area contributed by atoms with Gasteiger partial charge in [0, 0.05) is 24.2 Å². The van der Waals surface area contributed by atoms with Crippen LogP contribution in [0.25, 0.3) is 28.2 Å². The molecule has 4 aromatic rings. The van der Waals surface area contributed by atoms with Crippen molar-refractivity contribution in [2.24, 2.45) is 0 Å². The van der Waals surface area contributed by atoms with Crippen LogP contribution in [0.1, 0.15) is 5.56 Å². The van der Waals surface area contributed by atoms with E-state index in [9.17, 15) is 8.42 Å². The van der Waals surface area contributed by atoms with Gasteiger partial charge in [-0.05, 0) is 60.0 Å². The van der Waals surface area contributed by atoms with E-state index in [1.54, 1.807) is 24.4 Å². The molecule has 0 saturated carbocycles. The highest BCUT2D eigenvalue weighted by atomic mass is 35.5. The van der Waals surface area contributed by atoms with Crippen LogP contribution in [-0.4, -0.2) is 24.2 Å². The molecule has 0 bridgehead atoms. The molecule has 4 rings (SSSR count). The van der Waals surface area contributed by atoms with E-state index in [-0.39, 0.29) is 0 Å². The molecule has 0 spiro atoms. The van der Waals surface area contributed by atoms with Crippen molar-refractivity contribution in [3.05, 3.63) is 89.7 Å². The molecule has 0 radical (unpaired) electrons. The first-order valence-electron chi connectivity index (χ1n) is 9.04. The molecule has 146 valence electrons. The third-order valence-corrected chi connectivity index (χ3v) is 6.25. The van der Waals surface area contributed by atoms with Crippen molar-refractivity contribution in [1.29, 1.82) is 0 Å². The summed E-state index contributed by atoms with van der Waals surface area (Å²) in [4.78, 5) is 4.81. The van der Waals surface area contributed by atoms with Crippen molar-refractivity contribution >= 4 is 21.4 Å². The van der Waals surface area contributed by atoms with Crippen LogP contribution in [0.15, 0.2) is 84.0 Å². The Balaban J connectivity index is 1.77. The normalized spacial score (nSPS) is 11.6. The summed E-state index contributed by atoms with van der Waals surface area (Å²) >= 11 is 6.37. The number of aryl methyl sites for hydroxylation is 1. The molecule has 1 aromatic heterocycles. The summed E-state index contributed by atoms with van der Waals surface area (Å²) in [5.74, 6) is 0.769. The standard InChI is InChI=1S/C23H19ClN2O2S/c1-16-14-18(17-6-5-7-19(15-17)29(2,27)28)10-11-22(16)26-13-12-25-23(26)20-8-3-4-9-21(20)24/h3-15H,1-2H3. The first kappa shape index (κ1) is 19.4. The fourth-order valence-corrected chi connectivity index (χ4v) is 4.24. The predicted molar refractivity (Wildman–Crippen MR) is 117 cm³/mol. The Morgan fingerprint density at radius 3 is 2.41 bits per heavy atom. The zero-order valence-corrected chi connectivity index (χ0v) is 17.6. The van der Waals surface area contributed by atoms with E-state index in [2.05, 4.69) is 4.98 Å². The molecule has 0 aliphatic carbocycles. The highest BCUT2D eigenvalue weighted by Crippen LogP contribution is 2.31. The van der Waals surface area contributed by atoms with Gasteiger partial charge in [0.2, 0.25) is 0 Å². The lowest BCUT2D eigenvalue weighted by molar-refractivity contribution is 0.602. The molecule has 0 fully saturated rings. The maximum Gasteiger partial charge on any atom is 0.175 e. The van der Waals surface area contributed by atoms with E-state index in [1.165, 1.54) is 6.26 Å². The van der Waals surface area contributed by atoms with Crippen LogP contribution in [0, 0.1) is 6.92 Å². The van der Waals surface area contributed by atoms with Crippen molar-refractivity contribution in [2.75, 3.05) is 6.26 Å². The molecule has 1 heterocycles. The van der Waals surface area contributed by atoms with Gasteiger partial charge in [0.15, 0.2) is 9.84 Å². The molecule has 6 heteroatoms. The van der Waals surface area contributed by atoms with Gasteiger partial charge in [-0.3, -0.25) is 4.57 Å². The molecule has 0 amide bonds. The van der Waals surface area contributed by atoms with Crippen LogP contribution in [0.3, 0.4) is 0 Å². The number of rotatable bonds is 4. The Bertz CT molecular complexity index is 1310. The topological polar surface area (TPSA) is 52.0 Å². The average Bonchev–Trinajstić information content (AvgIpc) is 3.17. The predicted octanol–water partition coefficient (Wildman–Crippen LogP) is 5.57. The Morgan fingerprint density at radius 1 is 0.931 bits per heavy atom. The molecule has 0 atom stereocenters. The van der Waals surface area contributed by atoms with Crippen molar-refractivity contribution in [3.8, 4) is 28.2 Å². The van der Waals surface area contributed by atoms with E-state index < -0.39 is 9.84 Å². The Morgan fingerprint density at radius 2 is 1.69 bits per heavy atom. The molecule has 3 aromatic carbocycles. The summed E-state index contributed by atoms with van der Waals surface area (Å²) in [7, 11) is -3.25. The minimum atomic E-state index is -3.25. The second kappa shape index (κ2) is 7.50. The second-order valence-corrected chi connectivity index (χ2v) is 9.32. The average molecular weight is 423 g/mol. The van der Waals surface area contributed by atoms with Gasteiger partial charge in [-0.1, -0.05) is 41.9 Å². The summed E-state index contributed by atoms with van der Waals surface area (Å²) < 4.78 is 25.8. The van der Waals surface area contributed by atoms with Crippen LogP contribution < -0.4 is 0 Å². The van der Waals surface area contributed by atoms with Crippen LogP contribution in [-0.2, 0) is 9.84 Å². The quantitative estimate of drug-likeness (QED) is 0.432. The van der Waals surface area contributed by atoms with Crippen molar-refractivity contribution < 1.29 is 8.42 Å². The number of hydrogen-bond acceptors (Lipinski definition) is 3. The number of halogens is 1. The fourth-order valence-electron chi connectivity index (χ4n) is 3.35. The molecule has 29 heavy (non-hydrogen) atoms. The Kier molecular flexibility index (Phi) is 5.03. The van der Waals surface area contributed by atoms with Crippen molar-refractivity contribution in [2.45, 2.75) is 11.8 Å². The third kappa shape index (κ3) is 3.84. The number of nitrogens with zero attached hydrogens (tertiary/aromatic N) is 2. The number of aromatic nitrogens is 2. The second-order valence-electron chi connectivity index (χ2n) is 6.90. The smallest absolute Gasteiger partial charge is 0.175 e. The van der Waals surface area contributed by atoms with Gasteiger partial charge in [0.1, 0.15) is 5.82 Å². The first-order chi connectivity index (χ1) is 13.8. The minimum absolute atomic E-state index is 0.312. The van der Waals surface area contributed by atoms with Gasteiger partial charge in [-0.25, -0.2) is 13.4 Å². The van der Waals surface area contributed by atoms with Gasteiger partial charge in [0.05, 0.1) is 15.6 Å². The van der Waals surface area contributed by atoms with E-state index in [0.717, 1.165) is 33.8 Å². The molecular weight excluding hydrogens is 404 g/mol. The first-order valence-corrected chi connectivity index (χ1v) is 11.3. The SMILES string of the molecule is Cc1cc(-c2cccc(S(C)(=O)=O)c2)ccc1-n1ccnc1-c1ccccc1Cl.